The number of hydrogen-bond donors (Lipinski definition) is 0. The molecule has 3 aromatic carbocycles. The van der Waals surface area contributed by atoms with Crippen molar-refractivity contribution in [3.63, 3.8) is 0 Å². The Balaban J connectivity index is 1.57. The summed E-state index contributed by atoms with van der Waals surface area (Å²) in [6, 6.07) is 19.8. The first-order chi connectivity index (χ1) is 15.1. The number of aryl methyl sites for hydroxylation is 2. The minimum atomic E-state index is 0.596. The maximum atomic E-state index is 6.10. The van der Waals surface area contributed by atoms with E-state index in [0.29, 0.717) is 18.1 Å². The Labute approximate surface area is 187 Å². The summed E-state index contributed by atoms with van der Waals surface area (Å²) in [4.78, 5) is 4.88. The van der Waals surface area contributed by atoms with Crippen molar-refractivity contribution < 1.29 is 14.2 Å². The third-order valence-electron chi connectivity index (χ3n) is 5.22. The van der Waals surface area contributed by atoms with Gasteiger partial charge in [-0.3, -0.25) is 0 Å². The highest BCUT2D eigenvalue weighted by atomic mass is 35.5. The van der Waals surface area contributed by atoms with Crippen LogP contribution in [0.5, 0.6) is 17.2 Å². The van der Waals surface area contributed by atoms with E-state index in [1.807, 2.05) is 61.5 Å². The van der Waals surface area contributed by atoms with Gasteiger partial charge in [-0.1, -0.05) is 23.7 Å². The molecule has 0 aliphatic heterocycles. The second-order valence-corrected chi connectivity index (χ2v) is 7.67. The highest BCUT2D eigenvalue weighted by molar-refractivity contribution is 6.31. The smallest absolute Gasteiger partial charge is 0.161 e. The van der Waals surface area contributed by atoms with Crippen molar-refractivity contribution in [2.45, 2.75) is 19.9 Å². The highest BCUT2D eigenvalue weighted by Gasteiger charge is 2.15. The lowest BCUT2D eigenvalue weighted by molar-refractivity contribution is 0.302. The molecule has 0 fully saturated rings. The van der Waals surface area contributed by atoms with Gasteiger partial charge in [0.2, 0.25) is 0 Å². The van der Waals surface area contributed by atoms with E-state index in [0.717, 1.165) is 51.7 Å². The third kappa shape index (κ3) is 4.47. The molecule has 1 aromatic heterocycles. The van der Waals surface area contributed by atoms with Crippen molar-refractivity contribution in [3.05, 3.63) is 71.2 Å². The molecular formula is C25H25ClN2O3. The van der Waals surface area contributed by atoms with Gasteiger partial charge in [-0.05, 0) is 67.4 Å². The lowest BCUT2D eigenvalue weighted by Gasteiger charge is -2.13. The van der Waals surface area contributed by atoms with Crippen molar-refractivity contribution in [1.82, 2.24) is 9.55 Å². The largest absolute Gasteiger partial charge is 0.494 e. The number of ether oxygens (including phenoxy) is 3. The van der Waals surface area contributed by atoms with Crippen LogP contribution in [0.4, 0.5) is 0 Å². The molecule has 0 aliphatic rings. The Morgan fingerprint density at radius 3 is 2.52 bits per heavy atom. The number of fused-ring (bicyclic) bond motifs is 1. The zero-order valence-electron chi connectivity index (χ0n) is 17.9. The first-order valence-corrected chi connectivity index (χ1v) is 10.5. The summed E-state index contributed by atoms with van der Waals surface area (Å²) in [5, 5.41) is 0.747. The highest BCUT2D eigenvalue weighted by Crippen LogP contribution is 2.33. The van der Waals surface area contributed by atoms with Crippen LogP contribution in [0.3, 0.4) is 0 Å². The minimum Gasteiger partial charge on any atom is -0.494 e. The molecule has 0 saturated heterocycles. The predicted octanol–water partition coefficient (Wildman–Crippen LogP) is 6.15. The van der Waals surface area contributed by atoms with E-state index in [1.165, 1.54) is 0 Å². The van der Waals surface area contributed by atoms with Crippen LogP contribution in [0.2, 0.25) is 5.02 Å². The molecule has 160 valence electrons. The number of rotatable bonds is 8. The predicted molar refractivity (Wildman–Crippen MR) is 125 cm³/mol. The summed E-state index contributed by atoms with van der Waals surface area (Å²) >= 11 is 6.10. The molecule has 5 nitrogen and oxygen atoms in total. The standard InChI is InChI=1S/C25H25ClN2O3/c1-17-15-19(10-11-20(17)26)31-14-6-13-28-22-8-5-4-7-21(22)27-25(28)18-9-12-23(29-2)24(16-18)30-3/h4-5,7-12,15-16H,6,13-14H2,1-3H3. The van der Waals surface area contributed by atoms with E-state index in [-0.39, 0.29) is 0 Å². The van der Waals surface area contributed by atoms with Crippen LogP contribution in [-0.4, -0.2) is 30.4 Å². The van der Waals surface area contributed by atoms with Crippen LogP contribution in [-0.2, 0) is 6.54 Å². The van der Waals surface area contributed by atoms with Crippen molar-refractivity contribution in [2.75, 3.05) is 20.8 Å². The summed E-state index contributed by atoms with van der Waals surface area (Å²) in [7, 11) is 3.27. The molecule has 0 unspecified atom stereocenters. The average molecular weight is 437 g/mol. The van der Waals surface area contributed by atoms with Gasteiger partial charge in [0.05, 0.1) is 31.9 Å². The molecule has 4 rings (SSSR count). The summed E-state index contributed by atoms with van der Waals surface area (Å²) in [5.74, 6) is 3.10. The van der Waals surface area contributed by atoms with Gasteiger partial charge in [0.15, 0.2) is 11.5 Å². The Kier molecular flexibility index (Phi) is 6.33. The van der Waals surface area contributed by atoms with E-state index in [4.69, 9.17) is 30.8 Å². The fourth-order valence-corrected chi connectivity index (χ4v) is 3.73. The lowest BCUT2D eigenvalue weighted by Crippen LogP contribution is -2.06. The van der Waals surface area contributed by atoms with Crippen LogP contribution in [0.15, 0.2) is 60.7 Å². The van der Waals surface area contributed by atoms with E-state index in [2.05, 4.69) is 10.6 Å². The molecule has 0 saturated carbocycles. The third-order valence-corrected chi connectivity index (χ3v) is 5.64. The van der Waals surface area contributed by atoms with Gasteiger partial charge in [0.1, 0.15) is 11.6 Å². The van der Waals surface area contributed by atoms with Crippen molar-refractivity contribution in [1.29, 1.82) is 0 Å². The van der Waals surface area contributed by atoms with Crippen molar-refractivity contribution in [3.8, 4) is 28.6 Å². The molecule has 0 atom stereocenters. The molecule has 31 heavy (non-hydrogen) atoms. The zero-order chi connectivity index (χ0) is 21.8. The Bertz CT molecular complexity index is 1200. The monoisotopic (exact) mass is 436 g/mol. The SMILES string of the molecule is COc1ccc(-c2nc3ccccc3n2CCCOc2ccc(Cl)c(C)c2)cc1OC. The Hall–Kier alpha value is -3.18. The van der Waals surface area contributed by atoms with Crippen LogP contribution >= 0.6 is 11.6 Å². The lowest BCUT2D eigenvalue weighted by atomic mass is 10.2. The van der Waals surface area contributed by atoms with E-state index < -0.39 is 0 Å². The van der Waals surface area contributed by atoms with Gasteiger partial charge >= 0.3 is 0 Å². The summed E-state index contributed by atoms with van der Waals surface area (Å²) in [5.41, 5.74) is 4.04. The number of para-hydroxylation sites is 2. The normalized spacial score (nSPS) is 11.0. The maximum Gasteiger partial charge on any atom is 0.161 e. The Morgan fingerprint density at radius 2 is 1.74 bits per heavy atom. The second-order valence-electron chi connectivity index (χ2n) is 7.26. The number of benzene rings is 3. The summed E-state index contributed by atoms with van der Waals surface area (Å²) in [6.07, 6.45) is 0.836. The number of hydrogen-bond acceptors (Lipinski definition) is 4. The number of halogens is 1. The van der Waals surface area contributed by atoms with Crippen LogP contribution in [0, 0.1) is 6.92 Å². The molecule has 0 spiro atoms. The topological polar surface area (TPSA) is 45.5 Å². The van der Waals surface area contributed by atoms with Crippen molar-refractivity contribution in [2.24, 2.45) is 0 Å². The number of methoxy groups -OCH3 is 2. The Morgan fingerprint density at radius 1 is 0.935 bits per heavy atom. The molecule has 4 aromatic rings. The molecule has 0 aliphatic carbocycles. The molecule has 0 amide bonds. The van der Waals surface area contributed by atoms with Gasteiger partial charge in [-0.2, -0.15) is 0 Å². The van der Waals surface area contributed by atoms with E-state index in [9.17, 15) is 0 Å². The van der Waals surface area contributed by atoms with Crippen LogP contribution < -0.4 is 14.2 Å². The quantitative estimate of drug-likeness (QED) is 0.311. The molecule has 6 heteroatoms. The first-order valence-electron chi connectivity index (χ1n) is 10.2. The second kappa shape index (κ2) is 9.31. The minimum absolute atomic E-state index is 0.596. The fourth-order valence-electron chi connectivity index (χ4n) is 3.62. The van der Waals surface area contributed by atoms with Gasteiger partial charge in [-0.25, -0.2) is 4.98 Å². The molecule has 0 bridgehead atoms. The molecule has 1 heterocycles. The van der Waals surface area contributed by atoms with Crippen LogP contribution in [0.25, 0.3) is 22.4 Å². The number of nitrogens with zero attached hydrogens (tertiary/aromatic N) is 2. The van der Waals surface area contributed by atoms with Gasteiger partial charge in [-0.15, -0.1) is 0 Å². The molecular weight excluding hydrogens is 412 g/mol. The fraction of sp³-hybridized carbons (Fsp3) is 0.240. The van der Waals surface area contributed by atoms with E-state index >= 15 is 0 Å². The van der Waals surface area contributed by atoms with Crippen molar-refractivity contribution >= 4 is 22.6 Å². The van der Waals surface area contributed by atoms with Gasteiger partial charge in [0.25, 0.3) is 0 Å². The molecule has 0 radical (unpaired) electrons. The molecule has 0 N–H and O–H groups in total. The average Bonchev–Trinajstić information content (AvgIpc) is 3.17. The first kappa shape index (κ1) is 21.1. The van der Waals surface area contributed by atoms with E-state index in [1.54, 1.807) is 14.2 Å². The van der Waals surface area contributed by atoms with Gasteiger partial charge < -0.3 is 18.8 Å². The van der Waals surface area contributed by atoms with Crippen LogP contribution in [0.1, 0.15) is 12.0 Å². The number of aromatic nitrogens is 2. The zero-order valence-corrected chi connectivity index (χ0v) is 18.6. The maximum absolute atomic E-state index is 6.10. The van der Waals surface area contributed by atoms with Gasteiger partial charge in [0, 0.05) is 17.1 Å². The summed E-state index contributed by atoms with van der Waals surface area (Å²) < 4.78 is 19.0. The summed E-state index contributed by atoms with van der Waals surface area (Å²) in [6.45, 7) is 3.35. The number of imidazole rings is 1.